The Labute approximate surface area is 151 Å². The quantitative estimate of drug-likeness (QED) is 0.647. The highest BCUT2D eigenvalue weighted by Gasteiger charge is 2.38. The van der Waals surface area contributed by atoms with Crippen molar-refractivity contribution in [3.8, 4) is 0 Å². The minimum atomic E-state index is -4.84. The standard InChI is InChI=1S/C18H13F3N4O2/c19-18(20,21)17-24-13(15(26)22-11-7-3-1-4-8-11)14(25-17)16(27)23-12-9-5-2-6-10-12/h1-10H,(H,22,26)(H,23,27)(H,24,25). The first-order valence-electron chi connectivity index (χ1n) is 7.74. The van der Waals surface area contributed by atoms with Gasteiger partial charge in [0, 0.05) is 11.4 Å². The number of nitrogens with one attached hydrogen (secondary N) is 3. The molecule has 0 radical (unpaired) electrons. The van der Waals surface area contributed by atoms with E-state index in [2.05, 4.69) is 15.6 Å². The van der Waals surface area contributed by atoms with Crippen LogP contribution in [0, 0.1) is 0 Å². The smallest absolute Gasteiger partial charge is 0.330 e. The number of hydrogen-bond donors (Lipinski definition) is 3. The molecule has 0 saturated heterocycles. The van der Waals surface area contributed by atoms with Crippen molar-refractivity contribution >= 4 is 23.2 Å². The third-order valence-corrected chi connectivity index (χ3v) is 3.48. The van der Waals surface area contributed by atoms with Gasteiger partial charge in [0.1, 0.15) is 5.69 Å². The number of hydrogen-bond acceptors (Lipinski definition) is 3. The zero-order valence-electron chi connectivity index (χ0n) is 13.7. The highest BCUT2D eigenvalue weighted by molar-refractivity contribution is 6.13. The molecule has 0 aliphatic carbocycles. The number of carbonyl (C=O) groups excluding carboxylic acids is 2. The zero-order chi connectivity index (χ0) is 19.4. The van der Waals surface area contributed by atoms with Gasteiger partial charge in [-0.15, -0.1) is 0 Å². The Morgan fingerprint density at radius 3 is 1.78 bits per heavy atom. The molecule has 0 saturated carbocycles. The first-order chi connectivity index (χ1) is 12.8. The third kappa shape index (κ3) is 4.32. The van der Waals surface area contributed by atoms with Crippen molar-refractivity contribution < 1.29 is 22.8 Å². The maximum atomic E-state index is 13.0. The van der Waals surface area contributed by atoms with E-state index >= 15 is 0 Å². The summed E-state index contributed by atoms with van der Waals surface area (Å²) in [6, 6.07) is 16.2. The van der Waals surface area contributed by atoms with Crippen molar-refractivity contribution in [3.05, 3.63) is 77.9 Å². The molecule has 3 N–H and O–H groups in total. The fourth-order valence-corrected chi connectivity index (χ4v) is 2.26. The fourth-order valence-electron chi connectivity index (χ4n) is 2.26. The van der Waals surface area contributed by atoms with E-state index in [9.17, 15) is 22.8 Å². The van der Waals surface area contributed by atoms with E-state index in [1.165, 1.54) is 0 Å². The van der Waals surface area contributed by atoms with E-state index < -0.39 is 35.2 Å². The number of aromatic nitrogens is 2. The first kappa shape index (κ1) is 18.2. The Bertz CT molecular complexity index is 883. The minimum Gasteiger partial charge on any atom is -0.330 e. The number of amides is 2. The normalized spacial score (nSPS) is 11.1. The van der Waals surface area contributed by atoms with E-state index in [1.807, 2.05) is 4.98 Å². The lowest BCUT2D eigenvalue weighted by atomic mass is 10.2. The van der Waals surface area contributed by atoms with E-state index in [0.29, 0.717) is 11.4 Å². The molecule has 1 heterocycles. The van der Waals surface area contributed by atoms with Crippen LogP contribution in [-0.2, 0) is 6.18 Å². The van der Waals surface area contributed by atoms with E-state index in [4.69, 9.17) is 0 Å². The molecule has 1 aromatic heterocycles. The molecule has 2 amide bonds. The van der Waals surface area contributed by atoms with Crippen molar-refractivity contribution in [2.24, 2.45) is 0 Å². The fraction of sp³-hybridized carbons (Fsp3) is 0.0556. The van der Waals surface area contributed by atoms with Gasteiger partial charge in [0.25, 0.3) is 11.8 Å². The molecule has 138 valence electrons. The van der Waals surface area contributed by atoms with Crippen molar-refractivity contribution in [2.45, 2.75) is 6.18 Å². The van der Waals surface area contributed by atoms with E-state index in [-0.39, 0.29) is 0 Å². The Hall–Kier alpha value is -3.62. The molecule has 0 aliphatic rings. The average Bonchev–Trinajstić information content (AvgIpc) is 3.09. The molecule has 0 spiro atoms. The molecule has 27 heavy (non-hydrogen) atoms. The molecule has 3 aromatic rings. The van der Waals surface area contributed by atoms with Crippen LogP contribution >= 0.6 is 0 Å². The molecule has 0 atom stereocenters. The molecule has 3 rings (SSSR count). The van der Waals surface area contributed by atoms with Crippen LogP contribution in [0.15, 0.2) is 60.7 Å². The van der Waals surface area contributed by atoms with Crippen LogP contribution in [0.1, 0.15) is 26.8 Å². The van der Waals surface area contributed by atoms with E-state index in [0.717, 1.165) is 0 Å². The van der Waals surface area contributed by atoms with Gasteiger partial charge in [-0.25, -0.2) is 4.98 Å². The van der Waals surface area contributed by atoms with Gasteiger partial charge in [0.2, 0.25) is 5.82 Å². The number of halogens is 3. The van der Waals surface area contributed by atoms with Crippen LogP contribution in [0.3, 0.4) is 0 Å². The molecule has 0 bridgehead atoms. The highest BCUT2D eigenvalue weighted by Crippen LogP contribution is 2.28. The van der Waals surface area contributed by atoms with Crippen LogP contribution in [0.25, 0.3) is 0 Å². The maximum absolute atomic E-state index is 13.0. The number of anilines is 2. The molecular formula is C18H13F3N4O2. The lowest BCUT2D eigenvalue weighted by Crippen LogP contribution is -2.20. The number of benzene rings is 2. The summed E-state index contributed by atoms with van der Waals surface area (Å²) in [4.78, 5) is 30.0. The number of H-pyrrole nitrogens is 1. The summed E-state index contributed by atoms with van der Waals surface area (Å²) in [6.07, 6.45) is -4.84. The third-order valence-electron chi connectivity index (χ3n) is 3.48. The monoisotopic (exact) mass is 374 g/mol. The van der Waals surface area contributed by atoms with Crippen LogP contribution in [0.5, 0.6) is 0 Å². The number of rotatable bonds is 4. The molecular weight excluding hydrogens is 361 g/mol. The molecule has 6 nitrogen and oxygen atoms in total. The van der Waals surface area contributed by atoms with Crippen molar-refractivity contribution in [2.75, 3.05) is 10.6 Å². The summed E-state index contributed by atoms with van der Waals surface area (Å²) in [5, 5.41) is 4.84. The molecule has 0 fully saturated rings. The number of imidazole rings is 1. The molecule has 9 heteroatoms. The van der Waals surface area contributed by atoms with Gasteiger partial charge < -0.3 is 15.6 Å². The second-order valence-corrected chi connectivity index (χ2v) is 5.45. The Balaban J connectivity index is 1.93. The lowest BCUT2D eigenvalue weighted by molar-refractivity contribution is -0.144. The second-order valence-electron chi connectivity index (χ2n) is 5.45. The second kappa shape index (κ2) is 7.32. The number of aromatic amines is 1. The average molecular weight is 374 g/mol. The van der Waals surface area contributed by atoms with Gasteiger partial charge in [0.15, 0.2) is 5.69 Å². The van der Waals surface area contributed by atoms with Crippen molar-refractivity contribution in [1.82, 2.24) is 9.97 Å². The summed E-state index contributed by atoms with van der Waals surface area (Å²) in [7, 11) is 0. The van der Waals surface area contributed by atoms with Crippen LogP contribution < -0.4 is 10.6 Å². The SMILES string of the molecule is O=C(Nc1ccccc1)c1nc(C(F)(F)F)[nH]c1C(=O)Nc1ccccc1. The largest absolute Gasteiger partial charge is 0.449 e. The first-order valence-corrected chi connectivity index (χ1v) is 7.74. The highest BCUT2D eigenvalue weighted by atomic mass is 19.4. The molecule has 0 aliphatic heterocycles. The van der Waals surface area contributed by atoms with Gasteiger partial charge in [0.05, 0.1) is 0 Å². The summed E-state index contributed by atoms with van der Waals surface area (Å²) < 4.78 is 39.0. The van der Waals surface area contributed by atoms with Gasteiger partial charge in [-0.2, -0.15) is 13.2 Å². The predicted molar refractivity (Wildman–Crippen MR) is 92.4 cm³/mol. The molecule has 2 aromatic carbocycles. The summed E-state index contributed by atoms with van der Waals surface area (Å²) >= 11 is 0. The molecule has 0 unspecified atom stereocenters. The van der Waals surface area contributed by atoms with Gasteiger partial charge >= 0.3 is 6.18 Å². The summed E-state index contributed by atoms with van der Waals surface area (Å²) in [6.45, 7) is 0. The Kier molecular flexibility index (Phi) is 4.93. The topological polar surface area (TPSA) is 86.9 Å². The Morgan fingerprint density at radius 2 is 1.30 bits per heavy atom. The number of nitrogens with zero attached hydrogens (tertiary/aromatic N) is 1. The van der Waals surface area contributed by atoms with Crippen molar-refractivity contribution in [3.63, 3.8) is 0 Å². The van der Waals surface area contributed by atoms with Gasteiger partial charge in [-0.05, 0) is 24.3 Å². The van der Waals surface area contributed by atoms with Crippen molar-refractivity contribution in [1.29, 1.82) is 0 Å². The van der Waals surface area contributed by atoms with Crippen LogP contribution in [0.2, 0.25) is 0 Å². The Morgan fingerprint density at radius 1 is 0.815 bits per heavy atom. The van der Waals surface area contributed by atoms with Crippen LogP contribution in [-0.4, -0.2) is 21.8 Å². The number of carbonyl (C=O) groups is 2. The maximum Gasteiger partial charge on any atom is 0.449 e. The summed E-state index contributed by atoms with van der Waals surface area (Å²) in [5.41, 5.74) is -0.521. The van der Waals surface area contributed by atoms with Gasteiger partial charge in [-0.3, -0.25) is 9.59 Å². The van der Waals surface area contributed by atoms with Crippen LogP contribution in [0.4, 0.5) is 24.5 Å². The summed E-state index contributed by atoms with van der Waals surface area (Å²) in [5.74, 6) is -3.28. The number of para-hydroxylation sites is 2. The van der Waals surface area contributed by atoms with E-state index in [1.54, 1.807) is 60.7 Å². The minimum absolute atomic E-state index is 0.355. The lowest BCUT2D eigenvalue weighted by Gasteiger charge is -2.06. The predicted octanol–water partition coefficient (Wildman–Crippen LogP) is 3.93. The number of alkyl halides is 3. The zero-order valence-corrected chi connectivity index (χ0v) is 13.7. The van der Waals surface area contributed by atoms with Gasteiger partial charge in [-0.1, -0.05) is 36.4 Å².